The molecule has 0 radical (unpaired) electrons. The molecular formula is C20H16N2O4. The number of furan rings is 1. The lowest BCUT2D eigenvalue weighted by atomic mass is 10.1. The second-order valence-electron chi connectivity index (χ2n) is 5.54. The lowest BCUT2D eigenvalue weighted by Gasteiger charge is -2.00. The molecule has 1 amide bonds. The molecule has 0 atom stereocenters. The van der Waals surface area contributed by atoms with E-state index in [-0.39, 0.29) is 17.9 Å². The second kappa shape index (κ2) is 7.94. The maximum atomic E-state index is 11.8. The van der Waals surface area contributed by atoms with Crippen LogP contribution >= 0.6 is 0 Å². The van der Waals surface area contributed by atoms with Crippen molar-refractivity contribution < 1.29 is 19.1 Å². The smallest absolute Gasteiger partial charge is 0.335 e. The minimum Gasteiger partial charge on any atom is -0.478 e. The molecule has 0 saturated carbocycles. The maximum absolute atomic E-state index is 11.8. The number of nitrogens with zero attached hydrogens (tertiary/aromatic N) is 1. The molecule has 3 aromatic rings. The van der Waals surface area contributed by atoms with Crippen molar-refractivity contribution in [3.63, 3.8) is 0 Å². The van der Waals surface area contributed by atoms with Crippen molar-refractivity contribution in [1.82, 2.24) is 5.43 Å². The molecule has 0 aliphatic heterocycles. The van der Waals surface area contributed by atoms with Gasteiger partial charge in [-0.15, -0.1) is 0 Å². The number of benzene rings is 2. The van der Waals surface area contributed by atoms with Crippen molar-refractivity contribution >= 4 is 18.1 Å². The summed E-state index contributed by atoms with van der Waals surface area (Å²) in [4.78, 5) is 22.9. The minimum atomic E-state index is -0.999. The standard InChI is InChI=1S/C20H16N2O4/c23-19(11-14-5-2-1-3-6-14)22-21-13-17-9-10-18(26-17)15-7-4-8-16(12-15)20(24)25/h1-10,12-13H,11H2,(H,22,23)(H,24,25)/b21-13-. The Morgan fingerprint density at radius 1 is 1.04 bits per heavy atom. The molecule has 0 saturated heterocycles. The monoisotopic (exact) mass is 348 g/mol. The van der Waals surface area contributed by atoms with E-state index in [9.17, 15) is 9.59 Å². The quantitative estimate of drug-likeness (QED) is 0.528. The van der Waals surface area contributed by atoms with Gasteiger partial charge in [-0.1, -0.05) is 42.5 Å². The molecule has 0 spiro atoms. The molecule has 26 heavy (non-hydrogen) atoms. The molecule has 0 fully saturated rings. The molecule has 0 unspecified atom stereocenters. The molecule has 6 nitrogen and oxygen atoms in total. The van der Waals surface area contributed by atoms with Crippen LogP contribution in [0.25, 0.3) is 11.3 Å². The first-order valence-corrected chi connectivity index (χ1v) is 7.91. The van der Waals surface area contributed by atoms with Gasteiger partial charge in [0.05, 0.1) is 18.2 Å². The number of amides is 1. The summed E-state index contributed by atoms with van der Waals surface area (Å²) in [6, 6.07) is 19.2. The van der Waals surface area contributed by atoms with Crippen molar-refractivity contribution in [2.75, 3.05) is 0 Å². The van der Waals surface area contributed by atoms with E-state index in [2.05, 4.69) is 10.5 Å². The van der Waals surface area contributed by atoms with Gasteiger partial charge < -0.3 is 9.52 Å². The molecule has 1 aromatic heterocycles. The van der Waals surface area contributed by atoms with E-state index >= 15 is 0 Å². The molecule has 1 heterocycles. The van der Waals surface area contributed by atoms with E-state index in [1.54, 1.807) is 24.3 Å². The van der Waals surface area contributed by atoms with Crippen LogP contribution in [0.2, 0.25) is 0 Å². The Labute approximate surface area is 149 Å². The molecule has 2 N–H and O–H groups in total. The molecule has 2 aromatic carbocycles. The maximum Gasteiger partial charge on any atom is 0.335 e. The highest BCUT2D eigenvalue weighted by atomic mass is 16.4. The highest BCUT2D eigenvalue weighted by Crippen LogP contribution is 2.22. The Hall–Kier alpha value is -3.67. The number of carboxylic acids is 1. The van der Waals surface area contributed by atoms with Gasteiger partial charge in [0.2, 0.25) is 5.91 Å². The van der Waals surface area contributed by atoms with E-state index in [4.69, 9.17) is 9.52 Å². The van der Waals surface area contributed by atoms with Crippen LogP contribution in [0.5, 0.6) is 0 Å². The lowest BCUT2D eigenvalue weighted by molar-refractivity contribution is -0.120. The summed E-state index contributed by atoms with van der Waals surface area (Å²) >= 11 is 0. The van der Waals surface area contributed by atoms with Crippen LogP contribution in [0, 0.1) is 0 Å². The fraction of sp³-hybridized carbons (Fsp3) is 0.0500. The Bertz CT molecular complexity index is 945. The minimum absolute atomic E-state index is 0.183. The van der Waals surface area contributed by atoms with E-state index < -0.39 is 5.97 Å². The van der Waals surface area contributed by atoms with Gasteiger partial charge in [0.25, 0.3) is 0 Å². The largest absolute Gasteiger partial charge is 0.478 e. The van der Waals surface area contributed by atoms with Crippen LogP contribution in [0.15, 0.2) is 76.2 Å². The predicted octanol–water partition coefficient (Wildman–Crippen LogP) is 3.34. The van der Waals surface area contributed by atoms with E-state index in [1.165, 1.54) is 18.3 Å². The van der Waals surface area contributed by atoms with Gasteiger partial charge >= 0.3 is 5.97 Å². The fourth-order valence-corrected chi connectivity index (χ4v) is 2.37. The van der Waals surface area contributed by atoms with Crippen LogP contribution < -0.4 is 5.43 Å². The predicted molar refractivity (Wildman–Crippen MR) is 97.0 cm³/mol. The summed E-state index contributed by atoms with van der Waals surface area (Å²) in [6.45, 7) is 0. The summed E-state index contributed by atoms with van der Waals surface area (Å²) < 4.78 is 5.61. The van der Waals surface area contributed by atoms with E-state index in [0.717, 1.165) is 5.56 Å². The van der Waals surface area contributed by atoms with Crippen LogP contribution in [-0.4, -0.2) is 23.2 Å². The number of carbonyl (C=O) groups is 2. The first-order chi connectivity index (χ1) is 12.6. The first kappa shape index (κ1) is 17.2. The summed E-state index contributed by atoms with van der Waals surface area (Å²) in [6.07, 6.45) is 1.64. The van der Waals surface area contributed by atoms with Gasteiger partial charge in [-0.05, 0) is 29.8 Å². The average Bonchev–Trinajstić information content (AvgIpc) is 3.11. The summed E-state index contributed by atoms with van der Waals surface area (Å²) in [5.41, 5.74) is 4.18. The molecule has 0 aliphatic carbocycles. The number of carbonyl (C=O) groups excluding carboxylic acids is 1. The van der Waals surface area contributed by atoms with Gasteiger partial charge in [0.15, 0.2) is 0 Å². The highest BCUT2D eigenvalue weighted by molar-refractivity contribution is 5.89. The number of rotatable bonds is 6. The molecule has 130 valence electrons. The Kier molecular flexibility index (Phi) is 5.24. The van der Waals surface area contributed by atoms with Crippen LogP contribution in [-0.2, 0) is 11.2 Å². The molecule has 0 aliphatic rings. The van der Waals surface area contributed by atoms with Crippen molar-refractivity contribution in [1.29, 1.82) is 0 Å². The Morgan fingerprint density at radius 3 is 2.62 bits per heavy atom. The third kappa shape index (κ3) is 4.45. The third-order valence-corrected chi connectivity index (χ3v) is 3.61. The summed E-state index contributed by atoms with van der Waals surface area (Å²) in [5, 5.41) is 12.9. The van der Waals surface area contributed by atoms with Gasteiger partial charge in [0, 0.05) is 5.56 Å². The number of nitrogens with one attached hydrogen (secondary N) is 1. The highest BCUT2D eigenvalue weighted by Gasteiger charge is 2.08. The van der Waals surface area contributed by atoms with Gasteiger partial charge in [0.1, 0.15) is 11.5 Å². The van der Waals surface area contributed by atoms with Gasteiger partial charge in [-0.3, -0.25) is 4.79 Å². The Balaban J connectivity index is 1.61. The third-order valence-electron chi connectivity index (χ3n) is 3.61. The fourth-order valence-electron chi connectivity index (χ4n) is 2.37. The van der Waals surface area contributed by atoms with Crippen LogP contribution in [0.1, 0.15) is 21.7 Å². The number of carboxylic acid groups (broad SMARTS) is 1. The number of hydrazone groups is 1. The molecule has 0 bridgehead atoms. The zero-order valence-corrected chi connectivity index (χ0v) is 13.8. The number of hydrogen-bond donors (Lipinski definition) is 2. The van der Waals surface area contributed by atoms with Crippen molar-refractivity contribution in [2.24, 2.45) is 5.10 Å². The van der Waals surface area contributed by atoms with Gasteiger partial charge in [-0.2, -0.15) is 5.10 Å². The first-order valence-electron chi connectivity index (χ1n) is 7.91. The number of aromatic carboxylic acids is 1. The molecule has 6 heteroatoms. The SMILES string of the molecule is O=C(Cc1ccccc1)N/N=C\c1ccc(-c2cccc(C(=O)O)c2)o1. The van der Waals surface area contributed by atoms with Crippen LogP contribution in [0.4, 0.5) is 0 Å². The van der Waals surface area contributed by atoms with E-state index in [1.807, 2.05) is 30.3 Å². The van der Waals surface area contributed by atoms with Crippen LogP contribution in [0.3, 0.4) is 0 Å². The zero-order valence-electron chi connectivity index (χ0n) is 13.8. The van der Waals surface area contributed by atoms with Gasteiger partial charge in [-0.25, -0.2) is 10.2 Å². The average molecular weight is 348 g/mol. The van der Waals surface area contributed by atoms with Crippen molar-refractivity contribution in [2.45, 2.75) is 6.42 Å². The topological polar surface area (TPSA) is 91.9 Å². The second-order valence-corrected chi connectivity index (χ2v) is 5.54. The summed E-state index contributed by atoms with van der Waals surface area (Å²) in [7, 11) is 0. The Morgan fingerprint density at radius 2 is 1.85 bits per heavy atom. The lowest BCUT2D eigenvalue weighted by Crippen LogP contribution is -2.19. The summed E-state index contributed by atoms with van der Waals surface area (Å²) in [5.74, 6) is -0.263. The zero-order chi connectivity index (χ0) is 18.4. The van der Waals surface area contributed by atoms with Crippen molar-refractivity contribution in [3.8, 4) is 11.3 Å². The van der Waals surface area contributed by atoms with E-state index in [0.29, 0.717) is 17.1 Å². The van der Waals surface area contributed by atoms with Crippen molar-refractivity contribution in [3.05, 3.63) is 83.6 Å². The molecular weight excluding hydrogens is 332 g/mol. The normalized spacial score (nSPS) is 10.8. The molecule has 3 rings (SSSR count). The number of hydrogen-bond acceptors (Lipinski definition) is 4.